The molecule has 0 aliphatic rings. The largest absolute Gasteiger partial charge is 0.482 e. The van der Waals surface area contributed by atoms with Crippen molar-refractivity contribution in [2.75, 3.05) is 0 Å². The Morgan fingerprint density at radius 3 is 2.63 bits per heavy atom. The van der Waals surface area contributed by atoms with Gasteiger partial charge in [-0.1, -0.05) is 48.0 Å². The molecule has 0 amide bonds. The lowest BCUT2D eigenvalue weighted by Gasteiger charge is -2.16. The molecule has 4 heteroatoms. The minimum Gasteiger partial charge on any atom is -0.482 e. The molecule has 1 aromatic heterocycles. The number of fused-ring (bicyclic) bond motifs is 3. The molecule has 1 heterocycles. The molecule has 3 aromatic carbocycles. The average Bonchev–Trinajstić information content (AvgIpc) is 3.03. The minimum atomic E-state index is -0.593. The summed E-state index contributed by atoms with van der Waals surface area (Å²) in [6, 6.07) is 21.8. The van der Waals surface area contributed by atoms with Crippen molar-refractivity contribution >= 4 is 39.7 Å². The second kappa shape index (κ2) is 7.49. The molecule has 0 aliphatic carbocycles. The summed E-state index contributed by atoms with van der Waals surface area (Å²) in [6.07, 6.45) is 0.746. The number of ether oxygens (including phenoxy) is 1. The highest BCUT2D eigenvalue weighted by molar-refractivity contribution is 7.96. The van der Waals surface area contributed by atoms with Crippen LogP contribution in [-0.2, 0) is 11.2 Å². The SMILES string of the molecule is Cc1cccc(CCC(Oc2ccc3oc4ccccc4c3c2)C(=O)S)c1. The molecule has 0 bridgehead atoms. The average molecular weight is 376 g/mol. The topological polar surface area (TPSA) is 39.4 Å². The Balaban J connectivity index is 1.56. The van der Waals surface area contributed by atoms with Crippen LogP contribution >= 0.6 is 12.6 Å². The predicted octanol–water partition coefficient (Wildman–Crippen LogP) is 5.73. The lowest BCUT2D eigenvalue weighted by atomic mass is 10.0. The Hall–Kier alpha value is -2.72. The summed E-state index contributed by atoms with van der Waals surface area (Å²) in [6.45, 7) is 2.06. The molecule has 4 rings (SSSR count). The number of aryl methyl sites for hydroxylation is 2. The third-order valence-corrected chi connectivity index (χ3v) is 4.97. The first-order chi connectivity index (χ1) is 13.1. The van der Waals surface area contributed by atoms with Crippen LogP contribution in [0.5, 0.6) is 5.75 Å². The van der Waals surface area contributed by atoms with Gasteiger partial charge < -0.3 is 9.15 Å². The van der Waals surface area contributed by atoms with Crippen LogP contribution in [0, 0.1) is 6.92 Å². The maximum absolute atomic E-state index is 12.0. The Labute approximate surface area is 163 Å². The molecule has 0 saturated heterocycles. The minimum absolute atomic E-state index is 0.264. The zero-order valence-corrected chi connectivity index (χ0v) is 15.9. The normalized spacial score (nSPS) is 12.4. The smallest absolute Gasteiger partial charge is 0.226 e. The summed E-state index contributed by atoms with van der Waals surface area (Å²) < 4.78 is 11.8. The van der Waals surface area contributed by atoms with Crippen LogP contribution in [0.25, 0.3) is 21.9 Å². The van der Waals surface area contributed by atoms with E-state index in [9.17, 15) is 4.79 Å². The quantitative estimate of drug-likeness (QED) is 0.437. The number of thiol groups is 1. The van der Waals surface area contributed by atoms with Gasteiger partial charge in [-0.25, -0.2) is 0 Å². The van der Waals surface area contributed by atoms with Gasteiger partial charge in [-0.2, -0.15) is 0 Å². The van der Waals surface area contributed by atoms with E-state index in [2.05, 4.69) is 37.8 Å². The molecule has 0 N–H and O–H groups in total. The van der Waals surface area contributed by atoms with Gasteiger partial charge in [0.1, 0.15) is 16.9 Å². The maximum atomic E-state index is 12.0. The molecule has 3 nitrogen and oxygen atoms in total. The van der Waals surface area contributed by atoms with Crippen molar-refractivity contribution in [2.45, 2.75) is 25.9 Å². The number of furan rings is 1. The van der Waals surface area contributed by atoms with Crippen molar-refractivity contribution in [1.29, 1.82) is 0 Å². The number of benzene rings is 3. The Kier molecular flexibility index (Phi) is 4.90. The van der Waals surface area contributed by atoms with E-state index in [-0.39, 0.29) is 5.12 Å². The van der Waals surface area contributed by atoms with Crippen molar-refractivity contribution in [2.24, 2.45) is 0 Å². The molecule has 27 heavy (non-hydrogen) atoms. The van der Waals surface area contributed by atoms with Crippen LogP contribution in [0.2, 0.25) is 0 Å². The van der Waals surface area contributed by atoms with Crippen molar-refractivity contribution < 1.29 is 13.9 Å². The summed E-state index contributed by atoms with van der Waals surface area (Å²) in [4.78, 5) is 12.0. The highest BCUT2D eigenvalue weighted by Gasteiger charge is 2.18. The van der Waals surface area contributed by atoms with E-state index in [1.165, 1.54) is 11.1 Å². The number of para-hydroxylation sites is 1. The Bertz CT molecular complexity index is 1110. The van der Waals surface area contributed by atoms with Gasteiger partial charge in [0.05, 0.1) is 0 Å². The van der Waals surface area contributed by atoms with E-state index in [0.29, 0.717) is 12.2 Å². The molecule has 0 saturated carbocycles. The monoisotopic (exact) mass is 376 g/mol. The van der Waals surface area contributed by atoms with Crippen molar-refractivity contribution in [3.8, 4) is 5.75 Å². The molecule has 1 atom stereocenters. The fourth-order valence-corrected chi connectivity index (χ4v) is 3.52. The van der Waals surface area contributed by atoms with E-state index >= 15 is 0 Å². The summed E-state index contributed by atoms with van der Waals surface area (Å²) >= 11 is 4.03. The van der Waals surface area contributed by atoms with Crippen LogP contribution in [0.3, 0.4) is 0 Å². The molecule has 0 fully saturated rings. The molecule has 0 aliphatic heterocycles. The predicted molar refractivity (Wildman–Crippen MR) is 112 cm³/mol. The number of hydrogen-bond acceptors (Lipinski definition) is 3. The van der Waals surface area contributed by atoms with Gasteiger partial charge in [0.2, 0.25) is 5.12 Å². The molecular weight excluding hydrogens is 356 g/mol. The fraction of sp³-hybridized carbons (Fsp3) is 0.174. The van der Waals surface area contributed by atoms with Gasteiger partial charge in [0.15, 0.2) is 6.10 Å². The van der Waals surface area contributed by atoms with Gasteiger partial charge in [-0.05, 0) is 49.6 Å². The zero-order valence-electron chi connectivity index (χ0n) is 15.0. The first-order valence-electron chi connectivity index (χ1n) is 8.96. The standard InChI is InChI=1S/C23H20O3S/c1-15-5-4-6-16(13-15)9-11-22(23(24)27)25-17-10-12-21-19(14-17)18-7-2-3-8-20(18)26-21/h2-8,10,12-14,22H,9,11H2,1H3,(H,24,27). The number of carbonyl (C=O) groups excluding carboxylic acids is 1. The van der Waals surface area contributed by atoms with Gasteiger partial charge in [-0.15, -0.1) is 12.6 Å². The van der Waals surface area contributed by atoms with E-state index in [4.69, 9.17) is 9.15 Å². The third-order valence-electron chi connectivity index (χ3n) is 4.68. The van der Waals surface area contributed by atoms with Crippen LogP contribution in [-0.4, -0.2) is 11.2 Å². The van der Waals surface area contributed by atoms with Gasteiger partial charge >= 0.3 is 0 Å². The highest BCUT2D eigenvalue weighted by Crippen LogP contribution is 2.31. The fourth-order valence-electron chi connectivity index (χ4n) is 3.34. The first kappa shape index (κ1) is 17.7. The van der Waals surface area contributed by atoms with E-state index in [1.807, 2.05) is 48.5 Å². The van der Waals surface area contributed by atoms with Crippen LogP contribution in [0.1, 0.15) is 17.5 Å². The molecule has 1 unspecified atom stereocenters. The second-order valence-electron chi connectivity index (χ2n) is 6.73. The maximum Gasteiger partial charge on any atom is 0.226 e. The van der Waals surface area contributed by atoms with Gasteiger partial charge in [-0.3, -0.25) is 4.79 Å². The van der Waals surface area contributed by atoms with E-state index < -0.39 is 6.10 Å². The van der Waals surface area contributed by atoms with Gasteiger partial charge in [0, 0.05) is 10.8 Å². The first-order valence-corrected chi connectivity index (χ1v) is 9.41. The summed E-state index contributed by atoms with van der Waals surface area (Å²) in [5.74, 6) is 0.644. The molecule has 0 radical (unpaired) electrons. The Morgan fingerprint density at radius 2 is 1.81 bits per heavy atom. The number of hydrogen-bond donors (Lipinski definition) is 1. The highest BCUT2D eigenvalue weighted by atomic mass is 32.1. The van der Waals surface area contributed by atoms with E-state index in [1.54, 1.807) is 0 Å². The van der Waals surface area contributed by atoms with E-state index in [0.717, 1.165) is 28.4 Å². The molecule has 4 aromatic rings. The van der Waals surface area contributed by atoms with Crippen molar-refractivity contribution in [3.63, 3.8) is 0 Å². The molecular formula is C23H20O3S. The van der Waals surface area contributed by atoms with Crippen LogP contribution < -0.4 is 4.74 Å². The molecule has 136 valence electrons. The Morgan fingerprint density at radius 1 is 1.00 bits per heavy atom. The second-order valence-corrected chi connectivity index (χ2v) is 7.17. The van der Waals surface area contributed by atoms with Crippen LogP contribution in [0.4, 0.5) is 0 Å². The number of rotatable bonds is 6. The summed E-state index contributed by atoms with van der Waals surface area (Å²) in [7, 11) is 0. The lowest BCUT2D eigenvalue weighted by molar-refractivity contribution is -0.117. The van der Waals surface area contributed by atoms with Crippen molar-refractivity contribution in [3.05, 3.63) is 77.9 Å². The molecule has 0 spiro atoms. The van der Waals surface area contributed by atoms with Crippen LogP contribution in [0.15, 0.2) is 71.1 Å². The van der Waals surface area contributed by atoms with Gasteiger partial charge in [0.25, 0.3) is 0 Å². The lowest BCUT2D eigenvalue weighted by Crippen LogP contribution is -2.24. The number of carbonyl (C=O) groups is 1. The zero-order chi connectivity index (χ0) is 18.8. The third kappa shape index (κ3) is 3.86. The van der Waals surface area contributed by atoms with Crippen molar-refractivity contribution in [1.82, 2.24) is 0 Å². The summed E-state index contributed by atoms with van der Waals surface area (Å²) in [5.41, 5.74) is 4.04. The summed E-state index contributed by atoms with van der Waals surface area (Å²) in [5, 5.41) is 1.75.